The number of amides is 1. The molecule has 21 heavy (non-hydrogen) atoms. The lowest BCUT2D eigenvalue weighted by atomic mass is 9.75. The van der Waals surface area contributed by atoms with E-state index in [4.69, 9.17) is 10.6 Å². The highest BCUT2D eigenvalue weighted by Crippen LogP contribution is 2.35. The summed E-state index contributed by atoms with van der Waals surface area (Å²) in [5.41, 5.74) is 2.09. The van der Waals surface area contributed by atoms with Gasteiger partial charge in [0.1, 0.15) is 6.10 Å². The molecule has 1 aliphatic rings. The molecule has 0 saturated heterocycles. The van der Waals surface area contributed by atoms with Gasteiger partial charge in [0.05, 0.1) is 0 Å². The van der Waals surface area contributed by atoms with Crippen molar-refractivity contribution in [1.82, 2.24) is 5.43 Å². The highest BCUT2D eigenvalue weighted by Gasteiger charge is 2.33. The molecule has 0 unspecified atom stereocenters. The molecule has 5 heteroatoms. The van der Waals surface area contributed by atoms with E-state index < -0.39 is 0 Å². The first-order valence-electron chi connectivity index (χ1n) is 8.13. The van der Waals surface area contributed by atoms with Crippen LogP contribution in [0.4, 0.5) is 0 Å². The van der Waals surface area contributed by atoms with E-state index in [1.807, 2.05) is 0 Å². The van der Waals surface area contributed by atoms with Crippen LogP contribution >= 0.6 is 0 Å². The second-order valence-electron chi connectivity index (χ2n) is 6.63. The number of hydrogen-bond acceptors (Lipinski definition) is 4. The van der Waals surface area contributed by atoms with Crippen LogP contribution in [0, 0.1) is 17.8 Å². The van der Waals surface area contributed by atoms with Gasteiger partial charge in [0.25, 0.3) is 0 Å². The van der Waals surface area contributed by atoms with Crippen LogP contribution in [0.2, 0.25) is 0 Å². The minimum absolute atomic E-state index is 0.0635. The smallest absolute Gasteiger partial charge is 0.306 e. The van der Waals surface area contributed by atoms with E-state index in [1.165, 1.54) is 6.42 Å². The maximum Gasteiger partial charge on any atom is 0.306 e. The monoisotopic (exact) mass is 298 g/mol. The van der Waals surface area contributed by atoms with Gasteiger partial charge in [0.2, 0.25) is 5.91 Å². The number of esters is 1. The van der Waals surface area contributed by atoms with Crippen LogP contribution in [0.15, 0.2) is 0 Å². The van der Waals surface area contributed by atoms with Crippen LogP contribution in [0.25, 0.3) is 0 Å². The fraction of sp³-hybridized carbons (Fsp3) is 0.875. The molecule has 0 heterocycles. The Bertz CT molecular complexity index is 344. The third-order valence-electron chi connectivity index (χ3n) is 4.44. The number of carbonyl (C=O) groups is 2. The lowest BCUT2D eigenvalue weighted by molar-refractivity contribution is -0.156. The topological polar surface area (TPSA) is 81.4 Å². The number of carbonyl (C=O) groups excluding carboxylic acids is 2. The van der Waals surface area contributed by atoms with Crippen molar-refractivity contribution in [2.45, 2.75) is 71.8 Å². The molecule has 5 nitrogen and oxygen atoms in total. The van der Waals surface area contributed by atoms with Crippen LogP contribution < -0.4 is 11.3 Å². The molecule has 0 aromatic rings. The zero-order chi connectivity index (χ0) is 15.8. The third kappa shape index (κ3) is 6.46. The Morgan fingerprint density at radius 3 is 2.52 bits per heavy atom. The van der Waals surface area contributed by atoms with Crippen LogP contribution in [-0.2, 0) is 14.3 Å². The minimum atomic E-state index is -0.190. The first-order chi connectivity index (χ1) is 9.93. The summed E-state index contributed by atoms with van der Waals surface area (Å²) in [5.74, 6) is 6.34. The largest absolute Gasteiger partial charge is 0.462 e. The van der Waals surface area contributed by atoms with Crippen LogP contribution in [0.3, 0.4) is 0 Å². The molecule has 0 aliphatic heterocycles. The first kappa shape index (κ1) is 18.0. The minimum Gasteiger partial charge on any atom is -0.462 e. The van der Waals surface area contributed by atoms with Gasteiger partial charge < -0.3 is 4.74 Å². The van der Waals surface area contributed by atoms with Crippen molar-refractivity contribution in [2.75, 3.05) is 0 Å². The summed E-state index contributed by atoms with van der Waals surface area (Å²) in [6.07, 6.45) is 5.48. The third-order valence-corrected chi connectivity index (χ3v) is 4.44. The Labute approximate surface area is 128 Å². The van der Waals surface area contributed by atoms with Crippen molar-refractivity contribution >= 4 is 11.9 Å². The molecule has 1 amide bonds. The molecular formula is C16H30N2O3. The highest BCUT2D eigenvalue weighted by molar-refractivity contribution is 5.75. The number of unbranched alkanes of at least 4 members (excludes halogenated alkanes) is 1. The van der Waals surface area contributed by atoms with E-state index in [1.54, 1.807) is 0 Å². The lowest BCUT2D eigenvalue weighted by Crippen LogP contribution is -2.35. The van der Waals surface area contributed by atoms with E-state index in [0.29, 0.717) is 43.4 Å². The van der Waals surface area contributed by atoms with Crippen molar-refractivity contribution in [3.05, 3.63) is 0 Å². The zero-order valence-electron chi connectivity index (χ0n) is 13.6. The summed E-state index contributed by atoms with van der Waals surface area (Å²) >= 11 is 0. The standard InChI is InChI=1S/C16H30N2O3/c1-11(2)13-9-8-12(3)10-14(13)21-16(20)7-5-4-6-15(19)18-17/h11-14H,4-10,17H2,1-3H3,(H,18,19)/t12-,13+,14-/m1/s1. The van der Waals surface area contributed by atoms with Crippen molar-refractivity contribution in [1.29, 1.82) is 0 Å². The van der Waals surface area contributed by atoms with Crippen LogP contribution in [0.5, 0.6) is 0 Å². The summed E-state index contributed by atoms with van der Waals surface area (Å²) in [4.78, 5) is 22.9. The first-order valence-corrected chi connectivity index (χ1v) is 8.13. The fourth-order valence-electron chi connectivity index (χ4n) is 3.11. The highest BCUT2D eigenvalue weighted by atomic mass is 16.5. The molecule has 1 saturated carbocycles. The number of ether oxygens (including phenoxy) is 1. The number of hydrazine groups is 1. The maximum atomic E-state index is 12.0. The Morgan fingerprint density at radius 1 is 1.24 bits per heavy atom. The number of rotatable bonds is 7. The second kappa shape index (κ2) is 9.03. The van der Waals surface area contributed by atoms with Gasteiger partial charge in [-0.25, -0.2) is 5.84 Å². The Balaban J connectivity index is 2.32. The maximum absolute atomic E-state index is 12.0. The SMILES string of the molecule is CC(C)[C@@H]1CC[C@@H](C)C[C@H]1OC(=O)CCCCC(=O)NN. The van der Waals surface area contributed by atoms with Crippen molar-refractivity contribution in [2.24, 2.45) is 23.6 Å². The lowest BCUT2D eigenvalue weighted by Gasteiger charge is -2.36. The van der Waals surface area contributed by atoms with Gasteiger partial charge in [-0.3, -0.25) is 15.0 Å². The predicted octanol–water partition coefficient (Wildman–Crippen LogP) is 2.54. The Hall–Kier alpha value is -1.10. The molecule has 0 radical (unpaired) electrons. The molecule has 3 atom stereocenters. The number of nitrogens with one attached hydrogen (secondary N) is 1. The molecular weight excluding hydrogens is 268 g/mol. The molecule has 1 aliphatic carbocycles. The van der Waals surface area contributed by atoms with E-state index in [2.05, 4.69) is 26.2 Å². The Kier molecular flexibility index (Phi) is 7.72. The van der Waals surface area contributed by atoms with Crippen LogP contribution in [-0.4, -0.2) is 18.0 Å². The Morgan fingerprint density at radius 2 is 1.90 bits per heavy atom. The van der Waals surface area contributed by atoms with E-state index in [0.717, 1.165) is 12.8 Å². The van der Waals surface area contributed by atoms with Gasteiger partial charge >= 0.3 is 5.97 Å². The van der Waals surface area contributed by atoms with Gasteiger partial charge in [-0.2, -0.15) is 0 Å². The molecule has 1 fully saturated rings. The van der Waals surface area contributed by atoms with E-state index in [9.17, 15) is 9.59 Å². The summed E-state index contributed by atoms with van der Waals surface area (Å²) < 4.78 is 5.70. The van der Waals surface area contributed by atoms with Gasteiger partial charge in [0, 0.05) is 12.8 Å². The molecule has 3 N–H and O–H groups in total. The van der Waals surface area contributed by atoms with Crippen LogP contribution in [0.1, 0.15) is 65.7 Å². The molecule has 0 spiro atoms. The normalized spacial score (nSPS) is 25.7. The molecule has 122 valence electrons. The molecule has 0 aromatic heterocycles. The molecule has 0 aromatic carbocycles. The second-order valence-corrected chi connectivity index (χ2v) is 6.63. The summed E-state index contributed by atoms with van der Waals surface area (Å²) in [6.45, 7) is 6.63. The van der Waals surface area contributed by atoms with Crippen molar-refractivity contribution < 1.29 is 14.3 Å². The molecule has 1 rings (SSSR count). The average molecular weight is 298 g/mol. The van der Waals surface area contributed by atoms with Crippen molar-refractivity contribution in [3.8, 4) is 0 Å². The number of hydrogen-bond donors (Lipinski definition) is 2. The average Bonchev–Trinajstić information content (AvgIpc) is 2.43. The van der Waals surface area contributed by atoms with Gasteiger partial charge in [-0.1, -0.05) is 27.2 Å². The van der Waals surface area contributed by atoms with Gasteiger partial charge in [-0.15, -0.1) is 0 Å². The summed E-state index contributed by atoms with van der Waals surface area (Å²) in [7, 11) is 0. The molecule has 0 bridgehead atoms. The quantitative estimate of drug-likeness (QED) is 0.249. The fourth-order valence-corrected chi connectivity index (χ4v) is 3.11. The zero-order valence-corrected chi connectivity index (χ0v) is 13.6. The summed E-state index contributed by atoms with van der Waals surface area (Å²) in [6, 6.07) is 0. The number of nitrogens with two attached hydrogens (primary N) is 1. The van der Waals surface area contributed by atoms with E-state index >= 15 is 0 Å². The summed E-state index contributed by atoms with van der Waals surface area (Å²) in [5, 5.41) is 0. The van der Waals surface area contributed by atoms with Gasteiger partial charge in [0.15, 0.2) is 0 Å². The van der Waals surface area contributed by atoms with Gasteiger partial charge in [-0.05, 0) is 43.4 Å². The van der Waals surface area contributed by atoms with Crippen molar-refractivity contribution in [3.63, 3.8) is 0 Å². The van der Waals surface area contributed by atoms with E-state index in [-0.39, 0.29) is 18.0 Å². The predicted molar refractivity (Wildman–Crippen MR) is 82.0 cm³/mol.